The van der Waals surface area contributed by atoms with Crippen LogP contribution in [-0.2, 0) is 0 Å². The van der Waals surface area contributed by atoms with Gasteiger partial charge in [0.05, 0.1) is 11.5 Å². The molecular weight excluding hydrogens is 178 g/mol. The smallest absolute Gasteiger partial charge is 0.143 e. The lowest BCUT2D eigenvalue weighted by Crippen LogP contribution is -1.92. The van der Waals surface area contributed by atoms with Crippen molar-refractivity contribution < 1.29 is 0 Å². The van der Waals surface area contributed by atoms with E-state index in [1.807, 2.05) is 6.07 Å². The first kappa shape index (κ1) is 8.26. The highest BCUT2D eigenvalue weighted by molar-refractivity contribution is 5.94. The van der Waals surface area contributed by atoms with Crippen LogP contribution in [0.2, 0.25) is 0 Å². The molecule has 0 spiro atoms. The molecule has 0 fully saturated rings. The van der Waals surface area contributed by atoms with E-state index in [2.05, 4.69) is 15.0 Å². The van der Waals surface area contributed by atoms with Crippen LogP contribution in [0.25, 0.3) is 17.1 Å². The van der Waals surface area contributed by atoms with E-state index in [9.17, 15) is 0 Å². The van der Waals surface area contributed by atoms with Crippen molar-refractivity contribution in [1.82, 2.24) is 15.0 Å². The summed E-state index contributed by atoms with van der Waals surface area (Å²) in [5.74, 6) is 0.411. The van der Waals surface area contributed by atoms with Crippen LogP contribution in [0.1, 0.15) is 5.56 Å². The number of fused-ring (bicyclic) bond motifs is 1. The molecule has 0 aromatic carbocycles. The first-order valence-corrected chi connectivity index (χ1v) is 3.96. The fourth-order valence-electron chi connectivity index (χ4n) is 1.27. The van der Waals surface area contributed by atoms with E-state index in [1.54, 1.807) is 12.3 Å². The van der Waals surface area contributed by atoms with Crippen molar-refractivity contribution in [2.24, 2.45) is 0 Å². The van der Waals surface area contributed by atoms with E-state index in [-0.39, 0.29) is 0 Å². The summed E-state index contributed by atoms with van der Waals surface area (Å²) >= 11 is 0. The molecule has 0 unspecified atom stereocenters. The Kier molecular flexibility index (Phi) is 1.88. The van der Waals surface area contributed by atoms with Crippen molar-refractivity contribution >= 4 is 22.9 Å². The fraction of sp³-hybridized carbons (Fsp3) is 0. The monoisotopic (exact) mass is 185 g/mol. The van der Waals surface area contributed by atoms with Gasteiger partial charge in [0.25, 0.3) is 0 Å². The van der Waals surface area contributed by atoms with Crippen molar-refractivity contribution in [3.63, 3.8) is 0 Å². The van der Waals surface area contributed by atoms with Crippen LogP contribution in [0.3, 0.4) is 0 Å². The van der Waals surface area contributed by atoms with Gasteiger partial charge in [0.1, 0.15) is 17.8 Å². The third-order valence-corrected chi connectivity index (χ3v) is 1.87. The SMILES string of the molecule is N#CC=Cc1c[nH]c2ncnc(N)c12. The molecule has 2 heterocycles. The first-order chi connectivity index (χ1) is 6.83. The van der Waals surface area contributed by atoms with Crippen LogP contribution in [0.5, 0.6) is 0 Å². The standard InChI is InChI=1S/C9H7N5/c10-3-1-2-6-4-12-9-7(6)8(11)13-5-14-9/h1-2,4-5H,(H3,11,12,13,14). The Morgan fingerprint density at radius 2 is 2.36 bits per heavy atom. The van der Waals surface area contributed by atoms with Gasteiger partial charge >= 0.3 is 0 Å². The third kappa shape index (κ3) is 1.19. The largest absolute Gasteiger partial charge is 0.383 e. The highest BCUT2D eigenvalue weighted by Gasteiger charge is 2.05. The Bertz CT molecular complexity index is 532. The number of anilines is 1. The van der Waals surface area contributed by atoms with E-state index in [0.29, 0.717) is 11.5 Å². The number of nitrogens with zero attached hydrogens (tertiary/aromatic N) is 3. The maximum atomic E-state index is 8.40. The van der Waals surface area contributed by atoms with Gasteiger partial charge in [0.2, 0.25) is 0 Å². The molecule has 0 bridgehead atoms. The number of nitrogens with one attached hydrogen (secondary N) is 1. The predicted molar refractivity (Wildman–Crippen MR) is 52.9 cm³/mol. The molecule has 2 aromatic rings. The third-order valence-electron chi connectivity index (χ3n) is 1.87. The zero-order chi connectivity index (χ0) is 9.97. The number of rotatable bonds is 1. The number of H-pyrrole nitrogens is 1. The van der Waals surface area contributed by atoms with Crippen LogP contribution in [0.15, 0.2) is 18.6 Å². The highest BCUT2D eigenvalue weighted by atomic mass is 15.0. The number of nitriles is 1. The number of aromatic nitrogens is 3. The Labute approximate surface area is 79.9 Å². The normalized spacial score (nSPS) is 10.8. The van der Waals surface area contributed by atoms with Crippen LogP contribution in [0.4, 0.5) is 5.82 Å². The maximum Gasteiger partial charge on any atom is 0.143 e. The lowest BCUT2D eigenvalue weighted by Gasteiger charge is -1.94. The molecule has 2 aromatic heterocycles. The molecule has 68 valence electrons. The lowest BCUT2D eigenvalue weighted by atomic mass is 10.2. The fourth-order valence-corrected chi connectivity index (χ4v) is 1.27. The van der Waals surface area contributed by atoms with Gasteiger partial charge < -0.3 is 10.7 Å². The van der Waals surface area contributed by atoms with Gasteiger partial charge in [-0.05, 0) is 6.08 Å². The minimum absolute atomic E-state index is 0.411. The van der Waals surface area contributed by atoms with Crippen LogP contribution in [-0.4, -0.2) is 15.0 Å². The molecule has 5 nitrogen and oxygen atoms in total. The molecule has 2 rings (SSSR count). The minimum atomic E-state index is 0.411. The zero-order valence-electron chi connectivity index (χ0n) is 7.23. The first-order valence-electron chi connectivity index (χ1n) is 3.96. The number of hydrogen-bond donors (Lipinski definition) is 2. The van der Waals surface area contributed by atoms with E-state index in [0.717, 1.165) is 10.9 Å². The number of nitrogens with two attached hydrogens (primary N) is 1. The Morgan fingerprint density at radius 3 is 3.14 bits per heavy atom. The van der Waals surface area contributed by atoms with E-state index in [1.165, 1.54) is 12.4 Å². The van der Waals surface area contributed by atoms with Crippen molar-refractivity contribution in [1.29, 1.82) is 5.26 Å². The van der Waals surface area contributed by atoms with Gasteiger partial charge in [0.15, 0.2) is 0 Å². The summed E-state index contributed by atoms with van der Waals surface area (Å²) in [6.45, 7) is 0. The van der Waals surface area contributed by atoms with Gasteiger partial charge in [-0.25, -0.2) is 9.97 Å². The van der Waals surface area contributed by atoms with Gasteiger partial charge in [-0.1, -0.05) is 0 Å². The van der Waals surface area contributed by atoms with Crippen molar-refractivity contribution in [2.45, 2.75) is 0 Å². The Balaban J connectivity index is 2.68. The van der Waals surface area contributed by atoms with Gasteiger partial charge in [-0.15, -0.1) is 0 Å². The highest BCUT2D eigenvalue weighted by Crippen LogP contribution is 2.21. The molecule has 0 atom stereocenters. The average Bonchev–Trinajstić information content (AvgIpc) is 2.59. The molecule has 0 amide bonds. The lowest BCUT2D eigenvalue weighted by molar-refractivity contribution is 1.21. The zero-order valence-corrected chi connectivity index (χ0v) is 7.23. The summed E-state index contributed by atoms with van der Waals surface area (Å²) in [4.78, 5) is 10.8. The molecule has 0 aliphatic carbocycles. The number of hydrogen-bond acceptors (Lipinski definition) is 4. The second kappa shape index (κ2) is 3.18. The van der Waals surface area contributed by atoms with Crippen LogP contribution >= 0.6 is 0 Å². The van der Waals surface area contributed by atoms with E-state index in [4.69, 9.17) is 11.0 Å². The Morgan fingerprint density at radius 1 is 1.50 bits per heavy atom. The molecule has 0 radical (unpaired) electrons. The van der Waals surface area contributed by atoms with Crippen LogP contribution in [0, 0.1) is 11.3 Å². The molecule has 0 saturated heterocycles. The molecule has 3 N–H and O–H groups in total. The second-order valence-corrected chi connectivity index (χ2v) is 2.69. The summed E-state index contributed by atoms with van der Waals surface area (Å²) < 4.78 is 0. The van der Waals surface area contributed by atoms with Gasteiger partial charge in [-0.3, -0.25) is 0 Å². The Hall–Kier alpha value is -2.35. The molecule has 0 saturated carbocycles. The number of allylic oxidation sites excluding steroid dienone is 1. The molecule has 0 aliphatic rings. The van der Waals surface area contributed by atoms with E-state index >= 15 is 0 Å². The van der Waals surface area contributed by atoms with Gasteiger partial charge in [-0.2, -0.15) is 5.26 Å². The average molecular weight is 185 g/mol. The van der Waals surface area contributed by atoms with Crippen LogP contribution < -0.4 is 5.73 Å². The number of nitrogen functional groups attached to an aromatic ring is 1. The summed E-state index contributed by atoms with van der Waals surface area (Å²) in [5.41, 5.74) is 7.18. The topological polar surface area (TPSA) is 91.4 Å². The summed E-state index contributed by atoms with van der Waals surface area (Å²) in [6.07, 6.45) is 6.18. The van der Waals surface area contributed by atoms with Gasteiger partial charge in [0, 0.05) is 17.8 Å². The van der Waals surface area contributed by atoms with Crippen molar-refractivity contribution in [3.05, 3.63) is 24.2 Å². The summed E-state index contributed by atoms with van der Waals surface area (Å²) in [5, 5.41) is 9.15. The second-order valence-electron chi connectivity index (χ2n) is 2.69. The molecule has 0 aliphatic heterocycles. The number of aromatic amines is 1. The maximum absolute atomic E-state index is 8.40. The van der Waals surface area contributed by atoms with Crippen molar-refractivity contribution in [2.75, 3.05) is 5.73 Å². The molecule has 14 heavy (non-hydrogen) atoms. The predicted octanol–water partition coefficient (Wildman–Crippen LogP) is 1.08. The van der Waals surface area contributed by atoms with Crippen molar-refractivity contribution in [3.8, 4) is 6.07 Å². The summed E-state index contributed by atoms with van der Waals surface area (Å²) in [7, 11) is 0. The quantitative estimate of drug-likeness (QED) is 0.650. The van der Waals surface area contributed by atoms with E-state index < -0.39 is 0 Å². The minimum Gasteiger partial charge on any atom is -0.383 e. The molecule has 5 heteroatoms. The summed E-state index contributed by atoms with van der Waals surface area (Å²) in [6, 6.07) is 1.91. The molecular formula is C9H7N5.